The largest absolute Gasteiger partial charge is 0.382 e. The summed E-state index contributed by atoms with van der Waals surface area (Å²) in [4.78, 5) is 4.83. The molecule has 0 saturated heterocycles. The number of aromatic nitrogens is 1. The van der Waals surface area contributed by atoms with Gasteiger partial charge in [0.1, 0.15) is 0 Å². The third-order valence-corrected chi connectivity index (χ3v) is 5.12. The molecule has 126 valence electrons. The molecule has 25 heavy (non-hydrogen) atoms. The second kappa shape index (κ2) is 7.52. The van der Waals surface area contributed by atoms with Crippen molar-refractivity contribution in [3.8, 4) is 0 Å². The number of fused-ring (bicyclic) bond motifs is 1. The van der Waals surface area contributed by atoms with Crippen LogP contribution < -0.4 is 5.32 Å². The molecule has 0 spiro atoms. The van der Waals surface area contributed by atoms with E-state index in [-0.39, 0.29) is 0 Å². The molecule has 1 aliphatic rings. The van der Waals surface area contributed by atoms with E-state index in [2.05, 4.69) is 78.1 Å². The van der Waals surface area contributed by atoms with Crippen LogP contribution in [0.25, 0.3) is 10.8 Å². The van der Waals surface area contributed by atoms with Gasteiger partial charge in [-0.15, -0.1) is 0 Å². The molecule has 2 aromatic carbocycles. The Morgan fingerprint density at radius 2 is 1.56 bits per heavy atom. The normalized spacial score (nSPS) is 22.1. The summed E-state index contributed by atoms with van der Waals surface area (Å²) in [5.41, 5.74) is 2.43. The molecule has 1 N–H and O–H groups in total. The molecule has 0 bridgehead atoms. The molecular formula is C23H24N2. The van der Waals surface area contributed by atoms with Gasteiger partial charge < -0.3 is 5.32 Å². The Morgan fingerprint density at radius 1 is 0.800 bits per heavy atom. The van der Waals surface area contributed by atoms with Crippen molar-refractivity contribution in [2.24, 2.45) is 0 Å². The van der Waals surface area contributed by atoms with Crippen molar-refractivity contribution in [2.45, 2.75) is 37.6 Å². The van der Waals surface area contributed by atoms with Gasteiger partial charge in [-0.1, -0.05) is 54.6 Å². The molecule has 1 heterocycles. The number of anilines is 1. The van der Waals surface area contributed by atoms with Gasteiger partial charge in [-0.05, 0) is 49.3 Å². The number of hydrogen-bond donors (Lipinski definition) is 1. The van der Waals surface area contributed by atoms with Gasteiger partial charge in [0.05, 0.1) is 5.69 Å². The number of nitrogens with zero attached hydrogens (tertiary/aromatic N) is 1. The first kappa shape index (κ1) is 15.9. The first-order valence-corrected chi connectivity index (χ1v) is 9.22. The molecule has 2 nitrogen and oxygen atoms in total. The molecule has 0 fully saturated rings. The second-order valence-electron chi connectivity index (χ2n) is 6.77. The Kier molecular flexibility index (Phi) is 4.78. The Bertz CT molecular complexity index is 849. The zero-order valence-electron chi connectivity index (χ0n) is 14.4. The molecule has 3 aromatic rings. The summed E-state index contributed by atoms with van der Waals surface area (Å²) in [7, 11) is 0. The predicted octanol–water partition coefficient (Wildman–Crippen LogP) is 5.93. The average Bonchev–Trinajstić information content (AvgIpc) is 2.65. The van der Waals surface area contributed by atoms with Gasteiger partial charge in [0, 0.05) is 29.2 Å². The number of rotatable bonds is 3. The van der Waals surface area contributed by atoms with Crippen LogP contribution in [0, 0.1) is 0 Å². The summed E-state index contributed by atoms with van der Waals surface area (Å²) in [6, 6.07) is 21.7. The van der Waals surface area contributed by atoms with Crippen LogP contribution in [0.15, 0.2) is 79.0 Å². The summed E-state index contributed by atoms with van der Waals surface area (Å²) in [5.74, 6) is 0.413. The summed E-state index contributed by atoms with van der Waals surface area (Å²) >= 11 is 0. The topological polar surface area (TPSA) is 24.9 Å². The van der Waals surface area contributed by atoms with Crippen molar-refractivity contribution in [1.29, 1.82) is 0 Å². The molecule has 0 aliphatic heterocycles. The van der Waals surface area contributed by atoms with E-state index >= 15 is 0 Å². The van der Waals surface area contributed by atoms with E-state index in [1.807, 2.05) is 6.20 Å². The van der Waals surface area contributed by atoms with E-state index in [0.717, 1.165) is 25.7 Å². The van der Waals surface area contributed by atoms with Gasteiger partial charge in [-0.3, -0.25) is 4.98 Å². The minimum Gasteiger partial charge on any atom is -0.382 e. The summed E-state index contributed by atoms with van der Waals surface area (Å²) < 4.78 is 0. The lowest BCUT2D eigenvalue weighted by molar-refractivity contribution is 0.491. The molecule has 4 rings (SSSR count). The molecule has 1 aliphatic carbocycles. The standard InChI is InChI=1S/C23H24N2/c1-2-7-15-22(25-19-11-4-3-5-12-19)21(14-6-1)23-20-13-9-8-10-18(20)16-17-24-23/h1-5,8-13,16-17,21-22,25H,6-7,14-15H2/b2-1-/t21-,22-/m1/s1. The molecule has 2 heteroatoms. The zero-order valence-corrected chi connectivity index (χ0v) is 14.4. The predicted molar refractivity (Wildman–Crippen MR) is 106 cm³/mol. The highest BCUT2D eigenvalue weighted by Gasteiger charge is 2.26. The molecule has 0 amide bonds. The molecule has 1 aromatic heterocycles. The van der Waals surface area contributed by atoms with Crippen LogP contribution in [0.3, 0.4) is 0 Å². The summed E-state index contributed by atoms with van der Waals surface area (Å²) in [5, 5.41) is 6.36. The highest BCUT2D eigenvalue weighted by Crippen LogP contribution is 2.34. The maximum absolute atomic E-state index is 4.83. The molecular weight excluding hydrogens is 304 g/mol. The van der Waals surface area contributed by atoms with E-state index in [0.29, 0.717) is 12.0 Å². The van der Waals surface area contributed by atoms with E-state index < -0.39 is 0 Å². The maximum Gasteiger partial charge on any atom is 0.0533 e. The highest BCUT2D eigenvalue weighted by atomic mass is 14.9. The lowest BCUT2D eigenvalue weighted by Gasteiger charge is -2.30. The number of allylic oxidation sites excluding steroid dienone is 2. The monoisotopic (exact) mass is 328 g/mol. The average molecular weight is 328 g/mol. The van der Waals surface area contributed by atoms with Crippen LogP contribution >= 0.6 is 0 Å². The van der Waals surface area contributed by atoms with Crippen LogP contribution in [-0.4, -0.2) is 11.0 Å². The van der Waals surface area contributed by atoms with E-state index in [4.69, 9.17) is 4.98 Å². The van der Waals surface area contributed by atoms with Gasteiger partial charge in [-0.25, -0.2) is 0 Å². The lowest BCUT2D eigenvalue weighted by atomic mass is 9.84. The smallest absolute Gasteiger partial charge is 0.0533 e. The number of hydrogen-bond acceptors (Lipinski definition) is 2. The fraction of sp³-hybridized carbons (Fsp3) is 0.261. The van der Waals surface area contributed by atoms with Gasteiger partial charge in [0.25, 0.3) is 0 Å². The van der Waals surface area contributed by atoms with Crippen LogP contribution in [0.2, 0.25) is 0 Å². The first-order chi connectivity index (χ1) is 12.4. The lowest BCUT2D eigenvalue weighted by Crippen LogP contribution is -2.29. The van der Waals surface area contributed by atoms with Gasteiger partial charge in [-0.2, -0.15) is 0 Å². The molecule has 0 saturated carbocycles. The van der Waals surface area contributed by atoms with Crippen molar-refractivity contribution >= 4 is 16.5 Å². The quantitative estimate of drug-likeness (QED) is 0.603. The highest BCUT2D eigenvalue weighted by molar-refractivity contribution is 5.84. The van der Waals surface area contributed by atoms with E-state index in [9.17, 15) is 0 Å². The SMILES string of the molecule is C1=C\CC[C@@H](c2nccc3ccccc23)[C@H](Nc2ccccc2)CC/1. The number of benzene rings is 2. The third kappa shape index (κ3) is 3.58. The van der Waals surface area contributed by atoms with Gasteiger partial charge in [0.15, 0.2) is 0 Å². The molecule has 2 atom stereocenters. The summed E-state index contributed by atoms with van der Waals surface area (Å²) in [6.45, 7) is 0. The van der Waals surface area contributed by atoms with Crippen molar-refractivity contribution in [1.82, 2.24) is 4.98 Å². The van der Waals surface area contributed by atoms with Gasteiger partial charge >= 0.3 is 0 Å². The summed E-state index contributed by atoms with van der Waals surface area (Å²) in [6.07, 6.45) is 11.1. The van der Waals surface area contributed by atoms with Crippen molar-refractivity contribution in [3.63, 3.8) is 0 Å². The maximum atomic E-state index is 4.83. The minimum atomic E-state index is 0.394. The first-order valence-electron chi connectivity index (χ1n) is 9.22. The number of pyridine rings is 1. The van der Waals surface area contributed by atoms with Gasteiger partial charge in [0.2, 0.25) is 0 Å². The van der Waals surface area contributed by atoms with Crippen molar-refractivity contribution in [2.75, 3.05) is 5.32 Å². The Balaban J connectivity index is 1.73. The van der Waals surface area contributed by atoms with Crippen molar-refractivity contribution < 1.29 is 0 Å². The molecule has 0 radical (unpaired) electrons. The zero-order chi connectivity index (χ0) is 16.9. The fourth-order valence-electron chi connectivity index (χ4n) is 3.88. The minimum absolute atomic E-state index is 0.394. The Labute approximate surface area is 149 Å². The van der Waals surface area contributed by atoms with Crippen LogP contribution in [-0.2, 0) is 0 Å². The Morgan fingerprint density at radius 3 is 2.44 bits per heavy atom. The Hall–Kier alpha value is -2.61. The molecule has 0 unspecified atom stereocenters. The van der Waals surface area contributed by atoms with Crippen LogP contribution in [0.4, 0.5) is 5.69 Å². The number of nitrogens with one attached hydrogen (secondary N) is 1. The fourth-order valence-corrected chi connectivity index (χ4v) is 3.88. The third-order valence-electron chi connectivity index (χ3n) is 5.12. The van der Waals surface area contributed by atoms with E-state index in [1.54, 1.807) is 0 Å². The second-order valence-corrected chi connectivity index (χ2v) is 6.77. The van der Waals surface area contributed by atoms with E-state index in [1.165, 1.54) is 22.2 Å². The van der Waals surface area contributed by atoms with Crippen LogP contribution in [0.1, 0.15) is 37.3 Å². The number of para-hydroxylation sites is 1. The van der Waals surface area contributed by atoms with Crippen LogP contribution in [0.5, 0.6) is 0 Å². The van der Waals surface area contributed by atoms with Crippen molar-refractivity contribution in [3.05, 3.63) is 84.7 Å².